The third-order valence-corrected chi connectivity index (χ3v) is 5.03. The number of piperidine rings is 2. The van der Waals surface area contributed by atoms with E-state index in [1.165, 1.54) is 0 Å². The zero-order chi connectivity index (χ0) is 15.2. The van der Waals surface area contributed by atoms with Gasteiger partial charge in [0.2, 0.25) is 5.91 Å². The van der Waals surface area contributed by atoms with Gasteiger partial charge in [-0.25, -0.2) is 0 Å². The van der Waals surface area contributed by atoms with Crippen LogP contribution in [-0.2, 0) is 9.59 Å². The van der Waals surface area contributed by atoms with Gasteiger partial charge in [0, 0.05) is 25.9 Å². The quantitative estimate of drug-likeness (QED) is 0.810. The van der Waals surface area contributed by atoms with Crippen LogP contribution < -0.4 is 5.32 Å². The third kappa shape index (κ3) is 4.99. The Morgan fingerprint density at radius 2 is 2.00 bits per heavy atom. The molecular formula is C16H28N2O3. The minimum Gasteiger partial charge on any atom is -0.481 e. The van der Waals surface area contributed by atoms with Crippen LogP contribution >= 0.6 is 0 Å². The maximum atomic E-state index is 12.4. The summed E-state index contributed by atoms with van der Waals surface area (Å²) in [4.78, 5) is 25.3. The van der Waals surface area contributed by atoms with Crippen molar-refractivity contribution in [2.75, 3.05) is 26.2 Å². The summed E-state index contributed by atoms with van der Waals surface area (Å²) in [6, 6.07) is 0. The summed E-state index contributed by atoms with van der Waals surface area (Å²) in [5.41, 5.74) is 0. The molecule has 0 aromatic rings. The number of carboxylic acid groups (broad SMARTS) is 1. The van der Waals surface area contributed by atoms with Crippen molar-refractivity contribution in [3.8, 4) is 0 Å². The van der Waals surface area contributed by atoms with Crippen molar-refractivity contribution in [2.24, 2.45) is 17.8 Å². The van der Waals surface area contributed by atoms with Gasteiger partial charge < -0.3 is 15.3 Å². The summed E-state index contributed by atoms with van der Waals surface area (Å²) in [5, 5.41) is 12.2. The lowest BCUT2D eigenvalue weighted by Gasteiger charge is -2.36. The molecule has 0 aromatic carbocycles. The van der Waals surface area contributed by atoms with Crippen molar-refractivity contribution in [1.29, 1.82) is 0 Å². The van der Waals surface area contributed by atoms with Gasteiger partial charge in [-0.05, 0) is 56.5 Å². The molecule has 0 radical (unpaired) electrons. The van der Waals surface area contributed by atoms with E-state index in [-0.39, 0.29) is 18.2 Å². The molecular weight excluding hydrogens is 268 g/mol. The van der Waals surface area contributed by atoms with Crippen molar-refractivity contribution < 1.29 is 14.7 Å². The molecule has 1 amide bonds. The molecule has 2 unspecified atom stereocenters. The highest BCUT2D eigenvalue weighted by Crippen LogP contribution is 2.27. The number of carboxylic acids is 1. The molecule has 2 atom stereocenters. The fourth-order valence-corrected chi connectivity index (χ4v) is 3.60. The fourth-order valence-electron chi connectivity index (χ4n) is 3.60. The van der Waals surface area contributed by atoms with Crippen molar-refractivity contribution in [2.45, 2.75) is 45.4 Å². The van der Waals surface area contributed by atoms with Crippen molar-refractivity contribution >= 4 is 11.9 Å². The molecule has 0 bridgehead atoms. The number of carbonyl (C=O) groups is 2. The molecule has 2 aliphatic rings. The van der Waals surface area contributed by atoms with Gasteiger partial charge in [-0.3, -0.25) is 9.59 Å². The number of hydrogen-bond acceptors (Lipinski definition) is 3. The number of nitrogens with zero attached hydrogens (tertiary/aromatic N) is 1. The van der Waals surface area contributed by atoms with E-state index in [9.17, 15) is 9.59 Å². The average molecular weight is 296 g/mol. The average Bonchev–Trinajstić information content (AvgIpc) is 2.47. The molecule has 5 heteroatoms. The molecule has 2 saturated heterocycles. The Labute approximate surface area is 127 Å². The zero-order valence-electron chi connectivity index (χ0n) is 13.0. The second kappa shape index (κ2) is 7.78. The second-order valence-corrected chi connectivity index (χ2v) is 6.71. The maximum Gasteiger partial charge on any atom is 0.303 e. The molecule has 21 heavy (non-hydrogen) atoms. The molecule has 0 spiro atoms. The minimum absolute atomic E-state index is 0.150. The smallest absolute Gasteiger partial charge is 0.303 e. The largest absolute Gasteiger partial charge is 0.481 e. The van der Waals surface area contributed by atoms with Crippen LogP contribution in [-0.4, -0.2) is 48.1 Å². The van der Waals surface area contributed by atoms with Gasteiger partial charge in [0.15, 0.2) is 0 Å². The summed E-state index contributed by atoms with van der Waals surface area (Å²) in [6.45, 7) is 5.64. The van der Waals surface area contributed by atoms with E-state index >= 15 is 0 Å². The van der Waals surface area contributed by atoms with Crippen LogP contribution in [0, 0.1) is 17.8 Å². The fraction of sp³-hybridized carbons (Fsp3) is 0.875. The molecule has 120 valence electrons. The van der Waals surface area contributed by atoms with E-state index in [4.69, 9.17) is 5.11 Å². The lowest BCUT2D eigenvalue weighted by Crippen LogP contribution is -2.43. The number of nitrogens with one attached hydrogen (secondary N) is 1. The Kier molecular flexibility index (Phi) is 6.03. The van der Waals surface area contributed by atoms with Crippen LogP contribution in [0.1, 0.15) is 45.4 Å². The molecule has 0 aromatic heterocycles. The van der Waals surface area contributed by atoms with E-state index in [2.05, 4.69) is 5.32 Å². The normalized spacial score (nSPS) is 25.6. The monoisotopic (exact) mass is 296 g/mol. The number of rotatable bonds is 5. The number of hydrogen-bond donors (Lipinski definition) is 2. The van der Waals surface area contributed by atoms with Crippen molar-refractivity contribution in [3.05, 3.63) is 0 Å². The van der Waals surface area contributed by atoms with Gasteiger partial charge in [-0.2, -0.15) is 0 Å². The zero-order valence-corrected chi connectivity index (χ0v) is 13.0. The lowest BCUT2D eigenvalue weighted by atomic mass is 9.84. The molecule has 2 heterocycles. The molecule has 5 nitrogen and oxygen atoms in total. The summed E-state index contributed by atoms with van der Waals surface area (Å²) in [7, 11) is 0. The molecule has 0 aliphatic carbocycles. The van der Waals surface area contributed by atoms with E-state index in [0.29, 0.717) is 18.3 Å². The first-order valence-electron chi connectivity index (χ1n) is 8.26. The highest BCUT2D eigenvalue weighted by Gasteiger charge is 2.29. The lowest BCUT2D eigenvalue weighted by molar-refractivity contribution is -0.138. The van der Waals surface area contributed by atoms with Gasteiger partial charge in [0.25, 0.3) is 0 Å². The van der Waals surface area contributed by atoms with Gasteiger partial charge in [0.1, 0.15) is 0 Å². The van der Waals surface area contributed by atoms with Gasteiger partial charge in [-0.1, -0.05) is 6.92 Å². The number of carbonyl (C=O) groups excluding carboxylic acids is 1. The van der Waals surface area contributed by atoms with Crippen molar-refractivity contribution in [3.63, 3.8) is 0 Å². The molecule has 0 saturated carbocycles. The van der Waals surface area contributed by atoms with E-state index in [1.807, 2.05) is 11.8 Å². The summed E-state index contributed by atoms with van der Waals surface area (Å²) in [6.07, 6.45) is 5.12. The van der Waals surface area contributed by atoms with Crippen LogP contribution in [0.2, 0.25) is 0 Å². The summed E-state index contributed by atoms with van der Waals surface area (Å²) >= 11 is 0. The Balaban J connectivity index is 1.81. The summed E-state index contributed by atoms with van der Waals surface area (Å²) < 4.78 is 0. The third-order valence-electron chi connectivity index (χ3n) is 5.03. The first kappa shape index (κ1) is 16.3. The predicted molar refractivity (Wildman–Crippen MR) is 80.9 cm³/mol. The first-order valence-corrected chi connectivity index (χ1v) is 8.26. The second-order valence-electron chi connectivity index (χ2n) is 6.71. The Morgan fingerprint density at radius 1 is 1.29 bits per heavy atom. The molecule has 2 rings (SSSR count). The van der Waals surface area contributed by atoms with Gasteiger partial charge >= 0.3 is 5.97 Å². The van der Waals surface area contributed by atoms with E-state index in [0.717, 1.165) is 51.9 Å². The summed E-state index contributed by atoms with van der Waals surface area (Å²) in [5.74, 6) is 0.550. The highest BCUT2D eigenvalue weighted by atomic mass is 16.4. The van der Waals surface area contributed by atoms with E-state index in [1.54, 1.807) is 0 Å². The molecule has 2 fully saturated rings. The Hall–Kier alpha value is -1.10. The molecule has 2 aliphatic heterocycles. The Bertz CT molecular complexity index is 367. The first-order chi connectivity index (χ1) is 10.1. The maximum absolute atomic E-state index is 12.4. The van der Waals surface area contributed by atoms with E-state index < -0.39 is 5.97 Å². The van der Waals surface area contributed by atoms with Gasteiger partial charge in [0.05, 0.1) is 0 Å². The Morgan fingerprint density at radius 3 is 2.67 bits per heavy atom. The standard InChI is InChI=1S/C16H28N2O3/c1-12(9-16(20)21)14-3-2-8-18(11-14)15(19)10-13-4-6-17-7-5-13/h12-14,17H,2-11H2,1H3,(H,20,21). The number of aliphatic carboxylic acids is 1. The van der Waals surface area contributed by atoms with Gasteiger partial charge in [-0.15, -0.1) is 0 Å². The SMILES string of the molecule is CC(CC(=O)O)C1CCCN(C(=O)CC2CCNCC2)C1. The topological polar surface area (TPSA) is 69.6 Å². The van der Waals surface area contributed by atoms with Crippen molar-refractivity contribution in [1.82, 2.24) is 10.2 Å². The predicted octanol–water partition coefficient (Wildman–Crippen LogP) is 1.73. The van der Waals surface area contributed by atoms with Crippen LogP contribution in [0.4, 0.5) is 0 Å². The molecule has 2 N–H and O–H groups in total. The van der Waals surface area contributed by atoms with Crippen LogP contribution in [0.15, 0.2) is 0 Å². The number of likely N-dealkylation sites (tertiary alicyclic amines) is 1. The highest BCUT2D eigenvalue weighted by molar-refractivity contribution is 5.76. The number of amides is 1. The van der Waals surface area contributed by atoms with Crippen LogP contribution in [0.3, 0.4) is 0 Å². The minimum atomic E-state index is -0.736. The van der Waals surface area contributed by atoms with Crippen LogP contribution in [0.5, 0.6) is 0 Å². The van der Waals surface area contributed by atoms with Crippen LogP contribution in [0.25, 0.3) is 0 Å².